The number of carbonyl (C=O) groups is 2. The van der Waals surface area contributed by atoms with Crippen LogP contribution >= 0.6 is 0 Å². The maximum atomic E-state index is 14.3. The van der Waals surface area contributed by atoms with Crippen molar-refractivity contribution in [1.82, 2.24) is 10.3 Å². The number of nitrogens with zero attached hydrogens (tertiary/aromatic N) is 1. The van der Waals surface area contributed by atoms with Crippen LogP contribution in [-0.4, -0.2) is 41.3 Å². The number of hydrogen-bond acceptors (Lipinski definition) is 6. The molecular weight excluding hydrogens is 367 g/mol. The van der Waals surface area contributed by atoms with Gasteiger partial charge in [-0.3, -0.25) is 4.79 Å². The third-order valence-corrected chi connectivity index (χ3v) is 4.28. The van der Waals surface area contributed by atoms with Crippen molar-refractivity contribution in [3.63, 3.8) is 0 Å². The second kappa shape index (κ2) is 9.07. The first kappa shape index (κ1) is 21.7. The van der Waals surface area contributed by atoms with Crippen LogP contribution in [0.25, 0.3) is 0 Å². The van der Waals surface area contributed by atoms with E-state index >= 15 is 0 Å². The average molecular weight is 396 g/mol. The Morgan fingerprint density at radius 1 is 1.25 bits per heavy atom. The molecule has 0 radical (unpaired) electrons. The number of ether oxygens (including phenoxy) is 2. The lowest BCUT2D eigenvalue weighted by Crippen LogP contribution is -2.42. The van der Waals surface area contributed by atoms with Gasteiger partial charge in [0.25, 0.3) is 5.91 Å². The van der Waals surface area contributed by atoms with E-state index in [1.54, 1.807) is 6.92 Å². The Hall–Kier alpha value is -2.58. The lowest BCUT2D eigenvalue weighted by Gasteiger charge is -2.31. The van der Waals surface area contributed by atoms with Crippen LogP contribution in [0.5, 0.6) is 5.88 Å². The van der Waals surface area contributed by atoms with Gasteiger partial charge in [-0.1, -0.05) is 0 Å². The fraction of sp³-hybridized carbons (Fsp3) is 0.632. The number of amides is 2. The van der Waals surface area contributed by atoms with E-state index in [-0.39, 0.29) is 36.0 Å². The first-order chi connectivity index (χ1) is 13.1. The van der Waals surface area contributed by atoms with E-state index in [1.165, 1.54) is 0 Å². The minimum atomic E-state index is -0.796. The zero-order valence-corrected chi connectivity index (χ0v) is 16.8. The third-order valence-electron chi connectivity index (χ3n) is 4.28. The average Bonchev–Trinajstić information content (AvgIpc) is 2.57. The van der Waals surface area contributed by atoms with Crippen molar-refractivity contribution in [2.24, 2.45) is 5.73 Å². The summed E-state index contributed by atoms with van der Waals surface area (Å²) in [6.45, 7) is 7.46. The van der Waals surface area contributed by atoms with Gasteiger partial charge in [0.1, 0.15) is 11.2 Å². The van der Waals surface area contributed by atoms with Crippen molar-refractivity contribution in [1.29, 1.82) is 0 Å². The highest BCUT2D eigenvalue weighted by molar-refractivity contribution is 5.95. The zero-order chi connectivity index (χ0) is 20.9. The Kier molecular flexibility index (Phi) is 7.04. The number of nitrogens with two attached hydrogens (primary N) is 1. The van der Waals surface area contributed by atoms with E-state index in [4.69, 9.17) is 15.2 Å². The quantitative estimate of drug-likeness (QED) is 0.681. The van der Waals surface area contributed by atoms with Gasteiger partial charge in [-0.25, -0.2) is 9.18 Å². The van der Waals surface area contributed by atoms with E-state index in [2.05, 4.69) is 15.6 Å². The predicted molar refractivity (Wildman–Crippen MR) is 103 cm³/mol. The molecule has 0 saturated heterocycles. The lowest BCUT2D eigenvalue weighted by atomic mass is 9.91. The molecule has 0 atom stereocenters. The van der Waals surface area contributed by atoms with E-state index in [1.807, 2.05) is 20.8 Å². The molecule has 1 aliphatic rings. The van der Waals surface area contributed by atoms with Crippen molar-refractivity contribution in [3.05, 3.63) is 17.4 Å². The number of carbonyl (C=O) groups excluding carboxylic acids is 2. The highest BCUT2D eigenvalue weighted by Gasteiger charge is 2.26. The summed E-state index contributed by atoms with van der Waals surface area (Å²) in [4.78, 5) is 27.4. The van der Waals surface area contributed by atoms with Gasteiger partial charge in [0.05, 0.1) is 6.61 Å². The zero-order valence-electron chi connectivity index (χ0n) is 16.8. The maximum absolute atomic E-state index is 14.3. The molecule has 0 unspecified atom stereocenters. The van der Waals surface area contributed by atoms with Crippen LogP contribution in [0.15, 0.2) is 6.07 Å². The van der Waals surface area contributed by atoms with Crippen LogP contribution in [0.1, 0.15) is 63.7 Å². The molecule has 1 fully saturated rings. The van der Waals surface area contributed by atoms with Gasteiger partial charge >= 0.3 is 6.09 Å². The largest absolute Gasteiger partial charge is 0.477 e. The van der Waals surface area contributed by atoms with Gasteiger partial charge in [-0.05, 0) is 59.4 Å². The van der Waals surface area contributed by atoms with Crippen LogP contribution in [-0.2, 0) is 4.74 Å². The Morgan fingerprint density at radius 2 is 1.86 bits per heavy atom. The van der Waals surface area contributed by atoms with E-state index in [0.717, 1.165) is 31.7 Å². The number of alkyl carbamates (subject to hydrolysis) is 1. The van der Waals surface area contributed by atoms with Crippen LogP contribution in [0.3, 0.4) is 0 Å². The van der Waals surface area contributed by atoms with E-state index < -0.39 is 23.4 Å². The highest BCUT2D eigenvalue weighted by Crippen LogP contribution is 2.26. The number of pyridine rings is 1. The van der Waals surface area contributed by atoms with Crippen LogP contribution in [0.4, 0.5) is 15.0 Å². The molecule has 1 heterocycles. The Balaban J connectivity index is 1.95. The van der Waals surface area contributed by atoms with Crippen LogP contribution in [0.2, 0.25) is 0 Å². The molecule has 0 bridgehead atoms. The molecule has 8 nitrogen and oxygen atoms in total. The van der Waals surface area contributed by atoms with E-state index in [9.17, 15) is 14.0 Å². The molecule has 1 aromatic rings. The first-order valence-electron chi connectivity index (χ1n) is 9.48. The molecule has 2 amide bonds. The summed E-state index contributed by atoms with van der Waals surface area (Å²) in [5, 5.41) is 5.93. The Bertz CT molecular complexity index is 713. The summed E-state index contributed by atoms with van der Waals surface area (Å²) in [5.41, 5.74) is 4.62. The number of anilines is 1. The van der Waals surface area contributed by atoms with Crippen molar-refractivity contribution in [2.75, 3.05) is 11.9 Å². The van der Waals surface area contributed by atoms with Gasteiger partial charge < -0.3 is 25.8 Å². The molecule has 0 aliphatic heterocycles. The number of nitrogens with one attached hydrogen (secondary N) is 2. The molecule has 156 valence electrons. The Morgan fingerprint density at radius 3 is 2.39 bits per heavy atom. The smallest absolute Gasteiger partial charge is 0.407 e. The van der Waals surface area contributed by atoms with Gasteiger partial charge in [0, 0.05) is 12.1 Å². The fourth-order valence-electron chi connectivity index (χ4n) is 3.05. The highest BCUT2D eigenvalue weighted by atomic mass is 19.1. The molecule has 1 saturated carbocycles. The molecule has 1 aromatic heterocycles. The number of hydrogen-bond donors (Lipinski definition) is 3. The lowest BCUT2D eigenvalue weighted by molar-refractivity contribution is 0.0492. The molecule has 0 aromatic carbocycles. The molecule has 28 heavy (non-hydrogen) atoms. The maximum Gasteiger partial charge on any atom is 0.407 e. The monoisotopic (exact) mass is 396 g/mol. The summed E-state index contributed by atoms with van der Waals surface area (Å²) < 4.78 is 24.9. The normalized spacial score (nSPS) is 19.6. The fourth-order valence-corrected chi connectivity index (χ4v) is 3.05. The minimum absolute atomic E-state index is 0.00686. The molecule has 2 rings (SSSR count). The molecule has 9 heteroatoms. The van der Waals surface area contributed by atoms with Gasteiger partial charge in [-0.15, -0.1) is 0 Å². The molecule has 0 spiro atoms. The van der Waals surface area contributed by atoms with Crippen LogP contribution < -0.4 is 21.1 Å². The van der Waals surface area contributed by atoms with Crippen LogP contribution in [0, 0.1) is 5.82 Å². The second-order valence-corrected chi connectivity index (χ2v) is 7.81. The summed E-state index contributed by atoms with van der Waals surface area (Å²) in [7, 11) is 0. The summed E-state index contributed by atoms with van der Waals surface area (Å²) >= 11 is 0. The summed E-state index contributed by atoms with van der Waals surface area (Å²) in [6.07, 6.45) is 2.48. The van der Waals surface area contributed by atoms with Gasteiger partial charge in [0.2, 0.25) is 5.88 Å². The van der Waals surface area contributed by atoms with Crippen molar-refractivity contribution in [3.8, 4) is 5.88 Å². The number of rotatable bonds is 6. The van der Waals surface area contributed by atoms with Crippen molar-refractivity contribution in [2.45, 2.75) is 71.1 Å². The standard InChI is InChI=1S/C19H29FN4O4/c1-5-27-17-13(15(21)25)10-14(20)16(24-17)22-11-6-8-12(9-7-11)23-18(26)28-19(2,3)4/h10-12H,5-9H2,1-4H3,(H2,21,25)(H,22,24)(H,23,26). The Labute approximate surface area is 164 Å². The SMILES string of the molecule is CCOc1nc(NC2CCC(NC(=O)OC(C)(C)C)CC2)c(F)cc1C(N)=O. The molecule has 4 N–H and O–H groups in total. The first-order valence-corrected chi connectivity index (χ1v) is 9.48. The number of aromatic nitrogens is 1. The van der Waals surface area contributed by atoms with Gasteiger partial charge in [0.15, 0.2) is 11.6 Å². The molecular formula is C19H29FN4O4. The number of primary amides is 1. The predicted octanol–water partition coefficient (Wildman–Crippen LogP) is 2.97. The minimum Gasteiger partial charge on any atom is -0.477 e. The van der Waals surface area contributed by atoms with E-state index in [0.29, 0.717) is 0 Å². The number of halogens is 1. The van der Waals surface area contributed by atoms with Gasteiger partial charge in [-0.2, -0.15) is 4.98 Å². The van der Waals surface area contributed by atoms with Crippen molar-refractivity contribution >= 4 is 17.8 Å². The van der Waals surface area contributed by atoms with Crippen molar-refractivity contribution < 1.29 is 23.5 Å². The topological polar surface area (TPSA) is 116 Å². The summed E-state index contributed by atoms with van der Waals surface area (Å²) in [6, 6.07) is 1.05. The second-order valence-electron chi connectivity index (χ2n) is 7.81. The summed E-state index contributed by atoms with van der Waals surface area (Å²) in [5.74, 6) is -1.42. The third kappa shape index (κ3) is 6.24. The molecule has 1 aliphatic carbocycles.